The van der Waals surface area contributed by atoms with Crippen molar-refractivity contribution in [3.8, 4) is 10.6 Å². The molecule has 1 N–H and O–H groups in total. The number of nitrogens with zero attached hydrogens (tertiary/aromatic N) is 2. The summed E-state index contributed by atoms with van der Waals surface area (Å²) >= 11 is 1.51. The van der Waals surface area contributed by atoms with Crippen LogP contribution < -0.4 is 5.32 Å². The number of amides is 1. The van der Waals surface area contributed by atoms with Gasteiger partial charge in [0.15, 0.2) is 5.76 Å². The van der Waals surface area contributed by atoms with E-state index in [1.165, 1.54) is 27.8 Å². The number of anilines is 1. The first-order valence-electron chi connectivity index (χ1n) is 8.95. The van der Waals surface area contributed by atoms with Gasteiger partial charge in [-0.05, 0) is 37.1 Å². The van der Waals surface area contributed by atoms with Crippen LogP contribution in [0.1, 0.15) is 29.8 Å². The molecule has 2 aromatic heterocycles. The minimum atomic E-state index is -3.70. The third-order valence-corrected chi connectivity index (χ3v) is 7.11. The highest BCUT2D eigenvalue weighted by atomic mass is 32.2. The Morgan fingerprint density at radius 3 is 2.71 bits per heavy atom. The van der Waals surface area contributed by atoms with Gasteiger partial charge in [-0.3, -0.25) is 4.79 Å². The molecule has 1 fully saturated rings. The van der Waals surface area contributed by atoms with Crippen LogP contribution in [0.15, 0.2) is 57.5 Å². The zero-order chi connectivity index (χ0) is 19.6. The smallest absolute Gasteiger partial charge is 0.291 e. The molecule has 1 aliphatic heterocycles. The minimum Gasteiger partial charge on any atom is -0.438 e. The van der Waals surface area contributed by atoms with Gasteiger partial charge in [-0.15, -0.1) is 11.3 Å². The van der Waals surface area contributed by atoms with E-state index in [0.717, 1.165) is 29.8 Å². The number of rotatable bonds is 5. The summed E-state index contributed by atoms with van der Waals surface area (Å²) in [6.45, 7) is 0.961. The molecule has 1 amide bonds. The maximum atomic E-state index is 12.7. The molecule has 3 aromatic rings. The molecule has 0 saturated carbocycles. The van der Waals surface area contributed by atoms with Crippen LogP contribution in [0.3, 0.4) is 0 Å². The maximum absolute atomic E-state index is 12.7. The number of nitrogens with one attached hydrogen (secondary N) is 1. The van der Waals surface area contributed by atoms with E-state index in [1.807, 2.05) is 23.6 Å². The number of thiazole rings is 1. The van der Waals surface area contributed by atoms with E-state index in [4.69, 9.17) is 4.42 Å². The Hall–Kier alpha value is -2.49. The highest BCUT2D eigenvalue weighted by molar-refractivity contribution is 7.89. The lowest BCUT2D eigenvalue weighted by molar-refractivity contribution is 0.0991. The second-order valence-corrected chi connectivity index (χ2v) is 9.22. The largest absolute Gasteiger partial charge is 0.438 e. The summed E-state index contributed by atoms with van der Waals surface area (Å²) < 4.78 is 32.1. The van der Waals surface area contributed by atoms with Gasteiger partial charge in [0.05, 0.1) is 0 Å². The van der Waals surface area contributed by atoms with E-state index in [1.54, 1.807) is 12.3 Å². The molecule has 3 heterocycles. The fourth-order valence-electron chi connectivity index (χ4n) is 3.10. The minimum absolute atomic E-state index is 0.0461. The van der Waals surface area contributed by atoms with Crippen LogP contribution >= 0.6 is 11.3 Å². The normalized spacial score (nSPS) is 15.4. The summed E-state index contributed by atoms with van der Waals surface area (Å²) in [7, 11) is -3.70. The molecule has 0 radical (unpaired) electrons. The molecule has 7 nitrogen and oxygen atoms in total. The van der Waals surface area contributed by atoms with Crippen molar-refractivity contribution < 1.29 is 17.6 Å². The number of sulfonamides is 1. The van der Waals surface area contributed by atoms with Crippen molar-refractivity contribution >= 4 is 33.0 Å². The Morgan fingerprint density at radius 1 is 1.14 bits per heavy atom. The zero-order valence-corrected chi connectivity index (χ0v) is 16.6. The predicted octanol–water partition coefficient (Wildman–Crippen LogP) is 3.83. The Morgan fingerprint density at radius 2 is 1.96 bits per heavy atom. The zero-order valence-electron chi connectivity index (χ0n) is 15.0. The second kappa shape index (κ2) is 7.86. The molecular weight excluding hydrogens is 398 g/mol. The van der Waals surface area contributed by atoms with Crippen molar-refractivity contribution in [2.24, 2.45) is 0 Å². The molecular formula is C19H19N3O4S2. The average molecular weight is 418 g/mol. The van der Waals surface area contributed by atoms with Crippen LogP contribution in [0.4, 0.5) is 5.69 Å². The van der Waals surface area contributed by atoms with Crippen molar-refractivity contribution in [1.82, 2.24) is 9.29 Å². The lowest BCUT2D eigenvalue weighted by atomic mass is 10.2. The van der Waals surface area contributed by atoms with Gasteiger partial charge < -0.3 is 9.73 Å². The topological polar surface area (TPSA) is 92.5 Å². The highest BCUT2D eigenvalue weighted by Crippen LogP contribution is 2.26. The summed E-state index contributed by atoms with van der Waals surface area (Å²) in [5, 5.41) is 5.28. The number of furan rings is 1. The molecule has 4 rings (SSSR count). The van der Waals surface area contributed by atoms with Crippen molar-refractivity contribution in [3.05, 3.63) is 53.7 Å². The standard InChI is InChI=1S/C19H19N3O4S2/c23-18(21-15-6-4-5-14(13-15)19-20-9-12-27-19)16-7-8-17(26-16)28(24,25)22-10-2-1-3-11-22/h4-9,12-13H,1-3,10-11H2,(H,21,23). The first-order valence-corrected chi connectivity index (χ1v) is 11.3. The Bertz CT molecular complexity index is 1070. The molecule has 9 heteroatoms. The quantitative estimate of drug-likeness (QED) is 0.681. The highest BCUT2D eigenvalue weighted by Gasteiger charge is 2.29. The fraction of sp³-hybridized carbons (Fsp3) is 0.263. The molecule has 0 aliphatic carbocycles. The van der Waals surface area contributed by atoms with Crippen LogP contribution in [0.5, 0.6) is 0 Å². The number of aromatic nitrogens is 1. The molecule has 1 aromatic carbocycles. The fourth-order valence-corrected chi connectivity index (χ4v) is 5.17. The Balaban J connectivity index is 1.50. The van der Waals surface area contributed by atoms with E-state index in [0.29, 0.717) is 18.8 Å². The monoisotopic (exact) mass is 417 g/mol. The third-order valence-electron chi connectivity index (χ3n) is 4.51. The second-order valence-electron chi connectivity index (χ2n) is 6.46. The number of carbonyl (C=O) groups excluding carboxylic acids is 1. The van der Waals surface area contributed by atoms with Crippen LogP contribution in [-0.2, 0) is 10.0 Å². The first-order chi connectivity index (χ1) is 13.5. The molecule has 1 aliphatic rings. The van der Waals surface area contributed by atoms with E-state index >= 15 is 0 Å². The number of hydrogen-bond acceptors (Lipinski definition) is 6. The van der Waals surface area contributed by atoms with Crippen LogP contribution in [0.2, 0.25) is 0 Å². The van der Waals surface area contributed by atoms with Gasteiger partial charge in [-0.2, -0.15) is 4.31 Å². The van der Waals surface area contributed by atoms with Crippen LogP contribution in [0, 0.1) is 0 Å². The third kappa shape index (κ3) is 3.87. The Kier molecular flexibility index (Phi) is 5.29. The van der Waals surface area contributed by atoms with Crippen molar-refractivity contribution in [1.29, 1.82) is 0 Å². The van der Waals surface area contributed by atoms with Gasteiger partial charge in [-0.1, -0.05) is 18.6 Å². The van der Waals surface area contributed by atoms with E-state index in [-0.39, 0.29) is 10.9 Å². The summed E-state index contributed by atoms with van der Waals surface area (Å²) in [5.41, 5.74) is 1.47. The predicted molar refractivity (Wildman–Crippen MR) is 107 cm³/mol. The number of piperidine rings is 1. The van der Waals surface area contributed by atoms with Crippen molar-refractivity contribution in [2.45, 2.75) is 24.4 Å². The van der Waals surface area contributed by atoms with Gasteiger partial charge in [-0.25, -0.2) is 13.4 Å². The summed E-state index contributed by atoms with van der Waals surface area (Å²) in [6, 6.07) is 10.0. The molecule has 0 spiro atoms. The molecule has 0 unspecified atom stereocenters. The molecule has 0 atom stereocenters. The van der Waals surface area contributed by atoms with E-state index in [9.17, 15) is 13.2 Å². The Labute approximate surface area is 167 Å². The summed E-state index contributed by atoms with van der Waals surface area (Å²) in [5.74, 6) is -0.549. The van der Waals surface area contributed by atoms with Crippen LogP contribution in [-0.4, -0.2) is 36.7 Å². The molecule has 28 heavy (non-hydrogen) atoms. The van der Waals surface area contributed by atoms with E-state index in [2.05, 4.69) is 10.3 Å². The van der Waals surface area contributed by atoms with Crippen LogP contribution in [0.25, 0.3) is 10.6 Å². The SMILES string of the molecule is O=C(Nc1cccc(-c2nccs2)c1)c1ccc(S(=O)(=O)N2CCCCC2)o1. The summed E-state index contributed by atoms with van der Waals surface area (Å²) in [6.07, 6.45) is 4.42. The van der Waals surface area contributed by atoms with Gasteiger partial charge in [0.1, 0.15) is 5.01 Å². The van der Waals surface area contributed by atoms with Gasteiger partial charge in [0, 0.05) is 35.9 Å². The van der Waals surface area contributed by atoms with Gasteiger partial charge in [0.2, 0.25) is 5.09 Å². The van der Waals surface area contributed by atoms with E-state index < -0.39 is 15.9 Å². The molecule has 0 bridgehead atoms. The average Bonchev–Trinajstić information content (AvgIpc) is 3.41. The van der Waals surface area contributed by atoms with Gasteiger partial charge in [0.25, 0.3) is 15.9 Å². The number of carbonyl (C=O) groups is 1. The lowest BCUT2D eigenvalue weighted by Gasteiger charge is -2.24. The maximum Gasteiger partial charge on any atom is 0.291 e. The van der Waals surface area contributed by atoms with Gasteiger partial charge >= 0.3 is 0 Å². The first kappa shape index (κ1) is 18.9. The molecule has 146 valence electrons. The van der Waals surface area contributed by atoms with Crippen molar-refractivity contribution in [2.75, 3.05) is 18.4 Å². The molecule has 1 saturated heterocycles. The number of benzene rings is 1. The number of hydrogen-bond donors (Lipinski definition) is 1. The lowest BCUT2D eigenvalue weighted by Crippen LogP contribution is -2.35. The summed E-state index contributed by atoms with van der Waals surface area (Å²) in [4.78, 5) is 16.8. The van der Waals surface area contributed by atoms with Crippen molar-refractivity contribution in [3.63, 3.8) is 0 Å².